The molecule has 1 atom stereocenters. The molecule has 0 spiro atoms. The lowest BCUT2D eigenvalue weighted by Gasteiger charge is -2.13. The highest BCUT2D eigenvalue weighted by atomic mass is 32.1. The van der Waals surface area contributed by atoms with Crippen molar-refractivity contribution in [3.8, 4) is 16.3 Å². The smallest absolute Gasteiger partial charge is 0.266 e. The van der Waals surface area contributed by atoms with Crippen LogP contribution in [0.2, 0.25) is 0 Å². The molecule has 2 aromatic carbocycles. The predicted molar refractivity (Wildman–Crippen MR) is 90.4 cm³/mol. The molecule has 0 aliphatic heterocycles. The molecule has 5 nitrogen and oxygen atoms in total. The van der Waals surface area contributed by atoms with E-state index in [9.17, 15) is 13.6 Å². The largest absolute Gasteiger partial charge is 0.481 e. The summed E-state index contributed by atoms with van der Waals surface area (Å²) in [6, 6.07) is 11.5. The minimum atomic E-state index is -0.828. The van der Waals surface area contributed by atoms with Gasteiger partial charge in [0, 0.05) is 5.56 Å². The Labute approximate surface area is 146 Å². The van der Waals surface area contributed by atoms with E-state index in [1.54, 1.807) is 25.1 Å². The fourth-order valence-corrected chi connectivity index (χ4v) is 2.77. The lowest BCUT2D eigenvalue weighted by Crippen LogP contribution is -2.30. The van der Waals surface area contributed by atoms with Crippen molar-refractivity contribution in [3.63, 3.8) is 0 Å². The normalized spacial score (nSPS) is 11.8. The van der Waals surface area contributed by atoms with E-state index in [0.717, 1.165) is 11.3 Å². The third-order valence-electron chi connectivity index (χ3n) is 3.26. The van der Waals surface area contributed by atoms with E-state index in [0.29, 0.717) is 16.3 Å². The lowest BCUT2D eigenvalue weighted by molar-refractivity contribution is -0.122. The van der Waals surface area contributed by atoms with Gasteiger partial charge >= 0.3 is 0 Å². The number of halogens is 2. The van der Waals surface area contributed by atoms with Crippen molar-refractivity contribution in [2.75, 3.05) is 5.32 Å². The first-order valence-electron chi connectivity index (χ1n) is 7.34. The second kappa shape index (κ2) is 7.35. The summed E-state index contributed by atoms with van der Waals surface area (Å²) >= 11 is 1.05. The standard InChI is InChI=1S/C17H13F2N3O2S/c1-10(24-12-8-6-11(18)7-9-12)15(23)20-17-22-21-16(25-17)13-4-2-3-5-14(13)19/h2-10H,1H3,(H,20,22,23)/t10-/m1/s1. The molecule has 0 aliphatic rings. The number of amides is 1. The van der Waals surface area contributed by atoms with Gasteiger partial charge in [-0.1, -0.05) is 23.5 Å². The van der Waals surface area contributed by atoms with Gasteiger partial charge in [-0.25, -0.2) is 8.78 Å². The summed E-state index contributed by atoms with van der Waals surface area (Å²) in [6.45, 7) is 1.55. The molecule has 0 saturated heterocycles. The fraction of sp³-hybridized carbons (Fsp3) is 0.118. The average molecular weight is 361 g/mol. The lowest BCUT2D eigenvalue weighted by atomic mass is 10.2. The minimum absolute atomic E-state index is 0.234. The first-order chi connectivity index (χ1) is 12.0. The Morgan fingerprint density at radius 1 is 1.12 bits per heavy atom. The summed E-state index contributed by atoms with van der Waals surface area (Å²) in [5.74, 6) is -0.877. The molecule has 0 unspecified atom stereocenters. The molecular weight excluding hydrogens is 348 g/mol. The van der Waals surface area contributed by atoms with Crippen LogP contribution >= 0.6 is 11.3 Å². The van der Waals surface area contributed by atoms with Gasteiger partial charge in [0.15, 0.2) is 11.1 Å². The van der Waals surface area contributed by atoms with Crippen molar-refractivity contribution in [3.05, 3.63) is 60.2 Å². The molecule has 0 fully saturated rings. The van der Waals surface area contributed by atoms with Crippen LogP contribution < -0.4 is 10.1 Å². The first-order valence-corrected chi connectivity index (χ1v) is 8.16. The predicted octanol–water partition coefficient (Wildman–Crippen LogP) is 3.89. The number of aromatic nitrogens is 2. The Kier molecular flexibility index (Phi) is 4.99. The first kappa shape index (κ1) is 17.0. The molecular formula is C17H13F2N3O2S. The number of ether oxygens (including phenoxy) is 1. The van der Waals surface area contributed by atoms with Crippen LogP contribution in [0.5, 0.6) is 5.75 Å². The molecule has 25 heavy (non-hydrogen) atoms. The van der Waals surface area contributed by atoms with Crippen LogP contribution in [0.3, 0.4) is 0 Å². The van der Waals surface area contributed by atoms with Crippen LogP contribution in [-0.2, 0) is 4.79 Å². The number of anilines is 1. The van der Waals surface area contributed by atoms with Gasteiger partial charge in [-0.05, 0) is 43.3 Å². The number of carbonyl (C=O) groups excluding carboxylic acids is 1. The van der Waals surface area contributed by atoms with Crippen molar-refractivity contribution in [2.45, 2.75) is 13.0 Å². The number of hydrogen-bond acceptors (Lipinski definition) is 5. The van der Waals surface area contributed by atoms with E-state index in [2.05, 4.69) is 15.5 Å². The summed E-state index contributed by atoms with van der Waals surface area (Å²) < 4.78 is 32.0. The van der Waals surface area contributed by atoms with Crippen LogP contribution in [0.15, 0.2) is 48.5 Å². The third kappa shape index (κ3) is 4.16. The third-order valence-corrected chi connectivity index (χ3v) is 4.13. The summed E-state index contributed by atoms with van der Waals surface area (Å²) in [6.07, 6.45) is -0.828. The van der Waals surface area contributed by atoms with E-state index < -0.39 is 17.8 Å². The maximum Gasteiger partial charge on any atom is 0.266 e. The zero-order valence-corrected chi connectivity index (χ0v) is 13.9. The zero-order valence-electron chi connectivity index (χ0n) is 13.1. The van der Waals surface area contributed by atoms with Gasteiger partial charge < -0.3 is 4.74 Å². The van der Waals surface area contributed by atoms with E-state index in [-0.39, 0.29) is 10.9 Å². The van der Waals surface area contributed by atoms with Gasteiger partial charge in [-0.15, -0.1) is 10.2 Å². The molecule has 1 N–H and O–H groups in total. The van der Waals surface area contributed by atoms with Gasteiger partial charge in [-0.2, -0.15) is 0 Å². The molecule has 0 aliphatic carbocycles. The Bertz CT molecular complexity index is 884. The molecule has 0 saturated carbocycles. The van der Waals surface area contributed by atoms with Crippen molar-refractivity contribution >= 4 is 22.4 Å². The summed E-state index contributed by atoms with van der Waals surface area (Å²) in [7, 11) is 0. The summed E-state index contributed by atoms with van der Waals surface area (Å²) in [5.41, 5.74) is 0.316. The van der Waals surface area contributed by atoms with E-state index in [4.69, 9.17) is 4.74 Å². The number of rotatable bonds is 5. The van der Waals surface area contributed by atoms with Crippen LogP contribution in [0.25, 0.3) is 10.6 Å². The Morgan fingerprint density at radius 3 is 2.56 bits per heavy atom. The number of benzene rings is 2. The van der Waals surface area contributed by atoms with Crippen LogP contribution in [0.1, 0.15) is 6.92 Å². The quantitative estimate of drug-likeness (QED) is 0.749. The fourth-order valence-electron chi connectivity index (χ4n) is 2.00. The van der Waals surface area contributed by atoms with Crippen molar-refractivity contribution in [1.82, 2.24) is 10.2 Å². The molecule has 1 aromatic heterocycles. The number of nitrogens with one attached hydrogen (secondary N) is 1. The van der Waals surface area contributed by atoms with Crippen LogP contribution in [0.4, 0.5) is 13.9 Å². The highest BCUT2D eigenvalue weighted by molar-refractivity contribution is 7.18. The molecule has 3 rings (SSSR count). The van der Waals surface area contributed by atoms with Gasteiger partial charge in [-0.3, -0.25) is 10.1 Å². The zero-order chi connectivity index (χ0) is 17.8. The average Bonchev–Trinajstić information content (AvgIpc) is 3.05. The highest BCUT2D eigenvalue weighted by Gasteiger charge is 2.18. The van der Waals surface area contributed by atoms with Crippen molar-refractivity contribution < 1.29 is 18.3 Å². The molecule has 3 aromatic rings. The number of nitrogens with zero attached hydrogens (tertiary/aromatic N) is 2. The van der Waals surface area contributed by atoms with E-state index in [1.807, 2.05) is 0 Å². The maximum absolute atomic E-state index is 13.8. The second-order valence-electron chi connectivity index (χ2n) is 5.10. The van der Waals surface area contributed by atoms with Gasteiger partial charge in [0.05, 0.1) is 0 Å². The van der Waals surface area contributed by atoms with Crippen LogP contribution in [0, 0.1) is 11.6 Å². The SMILES string of the molecule is C[C@@H](Oc1ccc(F)cc1)C(=O)Nc1nnc(-c2ccccc2F)s1. The summed E-state index contributed by atoms with van der Waals surface area (Å²) in [5, 5.41) is 10.9. The molecule has 0 bridgehead atoms. The molecule has 128 valence electrons. The van der Waals surface area contributed by atoms with Gasteiger partial charge in [0.25, 0.3) is 5.91 Å². The molecule has 1 heterocycles. The minimum Gasteiger partial charge on any atom is -0.481 e. The second-order valence-corrected chi connectivity index (χ2v) is 6.07. The number of carbonyl (C=O) groups is 1. The van der Waals surface area contributed by atoms with E-state index in [1.165, 1.54) is 30.3 Å². The summed E-state index contributed by atoms with van der Waals surface area (Å²) in [4.78, 5) is 12.2. The maximum atomic E-state index is 13.8. The molecule has 8 heteroatoms. The molecule has 0 radical (unpaired) electrons. The molecule has 1 amide bonds. The Hall–Kier alpha value is -2.87. The van der Waals surface area contributed by atoms with Crippen LogP contribution in [-0.4, -0.2) is 22.2 Å². The van der Waals surface area contributed by atoms with Gasteiger partial charge in [0.2, 0.25) is 5.13 Å². The van der Waals surface area contributed by atoms with Crippen molar-refractivity contribution in [2.24, 2.45) is 0 Å². The Balaban J connectivity index is 1.65. The monoisotopic (exact) mass is 361 g/mol. The van der Waals surface area contributed by atoms with Crippen molar-refractivity contribution in [1.29, 1.82) is 0 Å². The van der Waals surface area contributed by atoms with E-state index >= 15 is 0 Å². The number of hydrogen-bond donors (Lipinski definition) is 1. The Morgan fingerprint density at radius 2 is 1.84 bits per heavy atom. The highest BCUT2D eigenvalue weighted by Crippen LogP contribution is 2.28. The topological polar surface area (TPSA) is 64.1 Å². The van der Waals surface area contributed by atoms with Gasteiger partial charge in [0.1, 0.15) is 17.4 Å².